The quantitative estimate of drug-likeness (QED) is 0.754. The van der Waals surface area contributed by atoms with E-state index in [4.69, 9.17) is 0 Å². The van der Waals surface area contributed by atoms with Crippen LogP contribution >= 0.6 is 11.8 Å². The van der Waals surface area contributed by atoms with Gasteiger partial charge < -0.3 is 15.7 Å². The molecule has 2 atom stereocenters. The third-order valence-corrected chi connectivity index (χ3v) is 3.97. The highest BCUT2D eigenvalue weighted by atomic mass is 32.2. The molecule has 1 aliphatic heterocycles. The summed E-state index contributed by atoms with van der Waals surface area (Å²) in [4.78, 5) is 23.3. The number of carboxylic acid groups (broad SMARTS) is 1. The molecule has 0 aromatic heterocycles. The number of amides is 1. The van der Waals surface area contributed by atoms with Crippen LogP contribution in [0.1, 0.15) is 11.6 Å². The Morgan fingerprint density at radius 1 is 1.37 bits per heavy atom. The number of benzene rings is 1. The lowest BCUT2D eigenvalue weighted by atomic mass is 10.1. The van der Waals surface area contributed by atoms with Crippen molar-refractivity contribution in [3.05, 3.63) is 35.9 Å². The zero-order chi connectivity index (χ0) is 13.7. The van der Waals surface area contributed by atoms with Crippen LogP contribution in [0.4, 0.5) is 0 Å². The second kappa shape index (κ2) is 6.58. The van der Waals surface area contributed by atoms with E-state index in [9.17, 15) is 14.7 Å². The molecule has 1 aromatic carbocycles. The predicted molar refractivity (Wildman–Crippen MR) is 74.1 cm³/mol. The number of rotatable bonds is 4. The summed E-state index contributed by atoms with van der Waals surface area (Å²) in [6.45, 7) is 0.770. The van der Waals surface area contributed by atoms with Crippen LogP contribution in [0.25, 0.3) is 0 Å². The maximum Gasteiger partial charge on any atom is 0.330 e. The minimum atomic E-state index is -1.05. The van der Waals surface area contributed by atoms with Crippen molar-refractivity contribution in [2.24, 2.45) is 0 Å². The Balaban J connectivity index is 2.04. The van der Waals surface area contributed by atoms with E-state index in [2.05, 4.69) is 10.6 Å². The molecule has 0 saturated carbocycles. The van der Waals surface area contributed by atoms with Gasteiger partial charge in [-0.3, -0.25) is 4.79 Å². The zero-order valence-corrected chi connectivity index (χ0v) is 11.2. The number of aliphatic carboxylic acids is 1. The SMILES string of the molecule is O=C(N[C@H](C(=O)O)c1ccccc1)C1CSCCN1. The second-order valence-electron chi connectivity index (χ2n) is 4.27. The van der Waals surface area contributed by atoms with Crippen molar-refractivity contribution in [3.8, 4) is 0 Å². The molecule has 5 nitrogen and oxygen atoms in total. The highest BCUT2D eigenvalue weighted by Crippen LogP contribution is 2.14. The minimum absolute atomic E-state index is 0.261. The first-order chi connectivity index (χ1) is 9.18. The first-order valence-electron chi connectivity index (χ1n) is 6.08. The topological polar surface area (TPSA) is 78.4 Å². The van der Waals surface area contributed by atoms with Gasteiger partial charge in [0.1, 0.15) is 0 Å². The number of nitrogens with one attached hydrogen (secondary N) is 2. The molecule has 6 heteroatoms. The summed E-state index contributed by atoms with van der Waals surface area (Å²) >= 11 is 1.69. The molecule has 1 amide bonds. The van der Waals surface area contributed by atoms with E-state index in [0.717, 1.165) is 12.3 Å². The van der Waals surface area contributed by atoms with Crippen molar-refractivity contribution < 1.29 is 14.7 Å². The van der Waals surface area contributed by atoms with Crippen molar-refractivity contribution in [3.63, 3.8) is 0 Å². The molecule has 0 bridgehead atoms. The van der Waals surface area contributed by atoms with Crippen LogP contribution in [-0.2, 0) is 9.59 Å². The number of carboxylic acids is 1. The van der Waals surface area contributed by atoms with Gasteiger partial charge in [-0.25, -0.2) is 4.79 Å². The van der Waals surface area contributed by atoms with Crippen LogP contribution in [0.2, 0.25) is 0 Å². The van der Waals surface area contributed by atoms with E-state index in [1.807, 2.05) is 6.07 Å². The summed E-state index contributed by atoms with van der Waals surface area (Å²) in [5.74, 6) is 0.337. The number of hydrogen-bond acceptors (Lipinski definition) is 4. The first-order valence-corrected chi connectivity index (χ1v) is 7.23. The van der Waals surface area contributed by atoms with Crippen molar-refractivity contribution >= 4 is 23.6 Å². The number of thioether (sulfide) groups is 1. The molecular weight excluding hydrogens is 264 g/mol. The molecule has 1 heterocycles. The van der Waals surface area contributed by atoms with Crippen LogP contribution in [0.15, 0.2) is 30.3 Å². The summed E-state index contributed by atoms with van der Waals surface area (Å²) in [5.41, 5.74) is 0.576. The molecule has 2 rings (SSSR count). The lowest BCUT2D eigenvalue weighted by Crippen LogP contribution is -2.50. The standard InChI is InChI=1S/C13H16N2O3S/c16-12(10-8-19-7-6-14-10)15-11(13(17)18)9-4-2-1-3-5-9/h1-5,10-11,14H,6-8H2,(H,15,16)(H,17,18)/t10?,11-/m0/s1. The molecule has 19 heavy (non-hydrogen) atoms. The van der Waals surface area contributed by atoms with Gasteiger partial charge >= 0.3 is 5.97 Å². The van der Waals surface area contributed by atoms with E-state index in [1.54, 1.807) is 36.0 Å². The van der Waals surface area contributed by atoms with Crippen LogP contribution in [0.5, 0.6) is 0 Å². The van der Waals surface area contributed by atoms with Gasteiger partial charge in [-0.05, 0) is 5.56 Å². The Morgan fingerprint density at radius 3 is 2.68 bits per heavy atom. The van der Waals surface area contributed by atoms with Gasteiger partial charge in [0.05, 0.1) is 6.04 Å². The van der Waals surface area contributed by atoms with Crippen LogP contribution < -0.4 is 10.6 Å². The summed E-state index contributed by atoms with van der Waals surface area (Å²) in [7, 11) is 0. The van der Waals surface area contributed by atoms with Gasteiger partial charge in [0.15, 0.2) is 6.04 Å². The maximum absolute atomic E-state index is 12.0. The van der Waals surface area contributed by atoms with E-state index in [1.165, 1.54) is 0 Å². The molecule has 0 radical (unpaired) electrons. The van der Waals surface area contributed by atoms with Crippen molar-refractivity contribution in [2.75, 3.05) is 18.1 Å². The van der Waals surface area contributed by atoms with Crippen LogP contribution in [0.3, 0.4) is 0 Å². The monoisotopic (exact) mass is 280 g/mol. The van der Waals surface area contributed by atoms with Gasteiger partial charge in [-0.2, -0.15) is 11.8 Å². The molecule has 1 unspecified atom stereocenters. The minimum Gasteiger partial charge on any atom is -0.479 e. The molecule has 0 aliphatic carbocycles. The van der Waals surface area contributed by atoms with Gasteiger partial charge in [-0.1, -0.05) is 30.3 Å². The Bertz CT molecular complexity index is 446. The fraction of sp³-hybridized carbons (Fsp3) is 0.385. The van der Waals surface area contributed by atoms with Crippen molar-refractivity contribution in [1.29, 1.82) is 0 Å². The van der Waals surface area contributed by atoms with Crippen LogP contribution in [0, 0.1) is 0 Å². The lowest BCUT2D eigenvalue weighted by molar-refractivity contribution is -0.142. The maximum atomic E-state index is 12.0. The molecule has 1 saturated heterocycles. The molecular formula is C13H16N2O3S. The van der Waals surface area contributed by atoms with Gasteiger partial charge in [0, 0.05) is 18.1 Å². The molecule has 0 spiro atoms. The molecule has 3 N–H and O–H groups in total. The zero-order valence-electron chi connectivity index (χ0n) is 10.3. The molecule has 1 fully saturated rings. The van der Waals surface area contributed by atoms with Crippen LogP contribution in [-0.4, -0.2) is 41.1 Å². The Kier molecular flexibility index (Phi) is 4.81. The summed E-state index contributed by atoms with van der Waals surface area (Å²) in [5, 5.41) is 14.9. The average molecular weight is 280 g/mol. The number of hydrogen-bond donors (Lipinski definition) is 3. The molecule has 1 aliphatic rings. The third kappa shape index (κ3) is 3.71. The normalized spacial score (nSPS) is 20.5. The van der Waals surface area contributed by atoms with E-state index in [-0.39, 0.29) is 11.9 Å². The average Bonchev–Trinajstić information content (AvgIpc) is 2.46. The second-order valence-corrected chi connectivity index (χ2v) is 5.42. The highest BCUT2D eigenvalue weighted by Gasteiger charge is 2.27. The molecule has 1 aromatic rings. The van der Waals surface area contributed by atoms with E-state index >= 15 is 0 Å². The van der Waals surface area contributed by atoms with E-state index < -0.39 is 12.0 Å². The fourth-order valence-electron chi connectivity index (χ4n) is 1.91. The fourth-order valence-corrected chi connectivity index (χ4v) is 2.84. The molecule has 102 valence electrons. The Hall–Kier alpha value is -1.53. The lowest BCUT2D eigenvalue weighted by Gasteiger charge is -2.24. The summed E-state index contributed by atoms with van der Waals surface area (Å²) in [6.07, 6.45) is 0. The largest absolute Gasteiger partial charge is 0.479 e. The number of carbonyl (C=O) groups is 2. The summed E-state index contributed by atoms with van der Waals surface area (Å²) < 4.78 is 0. The van der Waals surface area contributed by atoms with Gasteiger partial charge in [0.2, 0.25) is 5.91 Å². The predicted octanol–water partition coefficient (Wildman–Crippen LogP) is 0.633. The highest BCUT2D eigenvalue weighted by molar-refractivity contribution is 7.99. The Labute approximate surface area is 115 Å². The van der Waals surface area contributed by atoms with Crippen molar-refractivity contribution in [1.82, 2.24) is 10.6 Å². The van der Waals surface area contributed by atoms with Crippen molar-refractivity contribution in [2.45, 2.75) is 12.1 Å². The van der Waals surface area contributed by atoms with Gasteiger partial charge in [-0.15, -0.1) is 0 Å². The third-order valence-electron chi connectivity index (χ3n) is 2.90. The smallest absolute Gasteiger partial charge is 0.330 e. The first kappa shape index (κ1) is 13.9. The van der Waals surface area contributed by atoms with E-state index in [0.29, 0.717) is 11.3 Å². The summed E-state index contributed by atoms with van der Waals surface area (Å²) in [6, 6.07) is 7.40. The Morgan fingerprint density at radius 2 is 2.11 bits per heavy atom. The van der Waals surface area contributed by atoms with Gasteiger partial charge in [0.25, 0.3) is 0 Å². The number of carbonyl (C=O) groups excluding carboxylic acids is 1.